The molecule has 0 fully saturated rings. The number of phenols is 1. The molecule has 6 aromatic carbocycles. The zero-order valence-corrected chi connectivity index (χ0v) is 44.3. The van der Waals surface area contributed by atoms with Crippen LogP contribution < -0.4 is 5.32 Å². The first-order valence-electron chi connectivity index (χ1n) is 21.2. The van der Waals surface area contributed by atoms with Gasteiger partial charge in [-0.25, -0.2) is 20.5 Å². The molecule has 0 aliphatic rings. The molecule has 0 radical (unpaired) electrons. The average molecular weight is 1190 g/mol. The van der Waals surface area contributed by atoms with E-state index in [0.29, 0.717) is 44.4 Å². The molecule has 29 nitrogen and oxygen atoms in total. The van der Waals surface area contributed by atoms with Crippen LogP contribution in [0, 0.1) is 18.3 Å². The van der Waals surface area contributed by atoms with Crippen LogP contribution in [0.15, 0.2) is 153 Å². The molecule has 3 aromatic heterocycles. The Morgan fingerprint density at radius 1 is 0.722 bits per heavy atom. The number of benzene rings is 6. The Morgan fingerprint density at radius 3 is 2.01 bits per heavy atom. The second-order valence-electron chi connectivity index (χ2n) is 15.7. The summed E-state index contributed by atoms with van der Waals surface area (Å²) in [7, 11) is -14.1. The smallest absolute Gasteiger partial charge is 0.296 e. The van der Waals surface area contributed by atoms with Crippen LogP contribution >= 0.6 is 35.4 Å². The van der Waals surface area contributed by atoms with Crippen LogP contribution in [0.3, 0.4) is 0 Å². The van der Waals surface area contributed by atoms with Crippen LogP contribution in [0.25, 0.3) is 37.7 Å². The summed E-state index contributed by atoms with van der Waals surface area (Å²) in [4.78, 5) is 20.8. The van der Waals surface area contributed by atoms with Gasteiger partial charge in [-0.15, -0.1) is 39.4 Å². The van der Waals surface area contributed by atoms with Gasteiger partial charge in [-0.05, 0) is 85.1 Å². The number of hydrogen-bond acceptors (Lipinski definition) is 27. The van der Waals surface area contributed by atoms with Gasteiger partial charge in [-0.2, -0.15) is 30.5 Å². The van der Waals surface area contributed by atoms with E-state index in [4.69, 9.17) is 15.1 Å². The summed E-state index contributed by atoms with van der Waals surface area (Å²) in [6.45, 7) is 1.44. The molecule has 0 atom stereocenters. The maximum Gasteiger partial charge on any atom is 0.296 e. The Labute approximate surface area is 455 Å². The minimum Gasteiger partial charge on any atom is -0.505 e. The fourth-order valence-electron chi connectivity index (χ4n) is 7.24. The molecule has 8 N–H and O–H groups in total. The van der Waals surface area contributed by atoms with Crippen molar-refractivity contribution in [3.8, 4) is 17.7 Å². The molecule has 0 aliphatic heterocycles. The van der Waals surface area contributed by atoms with Gasteiger partial charge in [0.25, 0.3) is 36.3 Å². The standard InChI is InChI=1S/C43H27N11O15S5.CH4O3S/c1-20-25(19-44)40-45-26-9-5-6-10-32(26)54(40)42(57)37(20)51-49-30-16-24-22(14-35(30)73(60,61)62)13-34(72-69-67-59)38(39(24)55)52-50-31-17-28(46-41(56)21-7-3-2-4-8-21)29(18-36(31)74(63,64)65)48-53-43-47-27-12-11-23(71-68-66-58)15-33(27)70-43;1-5(2,3)4/h2-18,55,57-59H,1H3,(H,46,56)(H,60,61,62)(H,63,64,65);1H3,(H,2,3,4). The zero-order chi connectivity index (χ0) is 57.0. The number of para-hydroxylation sites is 2. The van der Waals surface area contributed by atoms with Crippen molar-refractivity contribution in [3.63, 3.8) is 0 Å². The number of fused-ring (bicyclic) bond motifs is 5. The SMILES string of the molecule is CS(=O)(=O)O.Cc1c(N=Nc2cc3c(O)c(N=Nc4cc(NC(=O)c5ccccc5)c(N=Nc5nc6ccc(SOOO)cc6s5)cc4S(=O)(=O)O)c(SOOO)cc3cc2S(=O)(=O)O)c(O)n2c(nc3ccccc32)c1C#N. The summed E-state index contributed by atoms with van der Waals surface area (Å²) in [6.07, 6.45) is 0.715. The van der Waals surface area contributed by atoms with E-state index in [1.165, 1.54) is 23.5 Å². The lowest BCUT2D eigenvalue weighted by molar-refractivity contribution is -0.432. The first-order chi connectivity index (χ1) is 37.5. The first kappa shape index (κ1) is 57.2. The van der Waals surface area contributed by atoms with E-state index < -0.39 is 74.7 Å². The van der Waals surface area contributed by atoms with Crippen molar-refractivity contribution in [1.29, 1.82) is 5.26 Å². The number of nitrogens with one attached hydrogen (secondary N) is 1. The normalized spacial score (nSPS) is 12.3. The minimum absolute atomic E-state index is 0.00239. The Hall–Kier alpha value is -8.03. The molecule has 406 valence electrons. The Kier molecular flexibility index (Phi) is 17.0. The van der Waals surface area contributed by atoms with E-state index in [1.54, 1.807) is 60.7 Å². The number of anilines is 1. The van der Waals surface area contributed by atoms with E-state index in [-0.39, 0.29) is 72.2 Å². The van der Waals surface area contributed by atoms with Gasteiger partial charge < -0.3 is 15.5 Å². The Balaban J connectivity index is 0.00000157. The van der Waals surface area contributed by atoms with E-state index in [1.807, 2.05) is 6.07 Å². The number of pyridine rings is 1. The summed E-state index contributed by atoms with van der Waals surface area (Å²) in [6, 6.07) is 26.1. The third-order valence-corrected chi connectivity index (χ3v) is 14.4. The Bertz CT molecular complexity index is 4400. The fourth-order valence-corrected chi connectivity index (χ4v) is 10.3. The number of azo groups is 3. The molecule has 9 aromatic rings. The number of rotatable bonds is 16. The lowest BCUT2D eigenvalue weighted by Gasteiger charge is -2.13. The number of phenolic OH excluding ortho intramolecular Hbond substituents is 1. The van der Waals surface area contributed by atoms with Crippen LogP contribution in [0.1, 0.15) is 21.5 Å². The number of nitrogens with zero attached hydrogens (tertiary/aromatic N) is 10. The van der Waals surface area contributed by atoms with Crippen molar-refractivity contribution < 1.29 is 83.2 Å². The predicted molar refractivity (Wildman–Crippen MR) is 281 cm³/mol. The quantitative estimate of drug-likeness (QED) is 0.0146. The van der Waals surface area contributed by atoms with Crippen molar-refractivity contribution in [2.24, 2.45) is 30.7 Å². The van der Waals surface area contributed by atoms with E-state index in [9.17, 15) is 54.6 Å². The molecular weight excluding hydrogens is 1160 g/mol. The minimum atomic E-state index is -5.24. The molecule has 0 saturated heterocycles. The summed E-state index contributed by atoms with van der Waals surface area (Å²) in [5, 5.41) is 85.1. The highest BCUT2D eigenvalue weighted by molar-refractivity contribution is 7.95. The van der Waals surface area contributed by atoms with Gasteiger partial charge in [-0.3, -0.25) is 22.9 Å². The first-order valence-corrected chi connectivity index (χ1v) is 28.2. The van der Waals surface area contributed by atoms with E-state index in [2.05, 4.69) is 64.7 Å². The van der Waals surface area contributed by atoms with Gasteiger partial charge in [0.2, 0.25) is 11.0 Å². The van der Waals surface area contributed by atoms with Crippen molar-refractivity contribution >= 4 is 149 Å². The Morgan fingerprint density at radius 2 is 1.34 bits per heavy atom. The monoisotopic (exact) mass is 1190 g/mol. The largest absolute Gasteiger partial charge is 0.505 e. The number of aromatic nitrogens is 3. The number of hydrogen-bond donors (Lipinski definition) is 8. The molecule has 9 rings (SSSR count). The highest BCUT2D eigenvalue weighted by atomic mass is 32.2. The third-order valence-electron chi connectivity index (χ3n) is 10.5. The predicted octanol–water partition coefficient (Wildman–Crippen LogP) is 11.2. The van der Waals surface area contributed by atoms with Crippen LogP contribution in [0.2, 0.25) is 0 Å². The third kappa shape index (κ3) is 13.1. The highest BCUT2D eigenvalue weighted by Crippen LogP contribution is 2.48. The second-order valence-corrected chi connectivity index (χ2v) is 22.4. The number of carbonyl (C=O) groups is 1. The van der Waals surface area contributed by atoms with E-state index >= 15 is 0 Å². The molecule has 35 heteroatoms. The number of amides is 1. The van der Waals surface area contributed by atoms with Gasteiger partial charge in [-0.1, -0.05) is 51.7 Å². The number of nitriles is 1. The number of carbonyl (C=O) groups excluding carboxylic acids is 1. The van der Waals surface area contributed by atoms with Crippen LogP contribution in [0.5, 0.6) is 11.6 Å². The summed E-state index contributed by atoms with van der Waals surface area (Å²) < 4.78 is 109. The van der Waals surface area contributed by atoms with Crippen molar-refractivity contribution in [3.05, 3.63) is 120 Å². The molecule has 0 bridgehead atoms. The average Bonchev–Trinajstić information content (AvgIpc) is 4.24. The van der Waals surface area contributed by atoms with Gasteiger partial charge in [0.05, 0.1) is 62.2 Å². The highest BCUT2D eigenvalue weighted by Gasteiger charge is 2.26. The second kappa shape index (κ2) is 23.5. The zero-order valence-electron chi connectivity index (χ0n) is 39.4. The van der Waals surface area contributed by atoms with Crippen molar-refractivity contribution in [2.75, 3.05) is 11.6 Å². The number of aromatic hydroxyl groups is 2. The molecular formula is C44H31N11O18S6. The number of thiazole rings is 1. The summed E-state index contributed by atoms with van der Waals surface area (Å²) in [5.74, 6) is -2.08. The maximum absolute atomic E-state index is 13.5. The summed E-state index contributed by atoms with van der Waals surface area (Å²) >= 11 is 1.95. The van der Waals surface area contributed by atoms with Crippen LogP contribution in [0.4, 0.5) is 39.3 Å². The van der Waals surface area contributed by atoms with Gasteiger partial charge in [0, 0.05) is 21.4 Å². The maximum atomic E-state index is 13.5. The molecule has 3 heterocycles. The molecule has 1 amide bonds. The van der Waals surface area contributed by atoms with Gasteiger partial charge >= 0.3 is 0 Å². The topological polar surface area (TPSA) is 438 Å². The molecule has 79 heavy (non-hydrogen) atoms. The molecule has 0 spiro atoms. The van der Waals surface area contributed by atoms with E-state index in [0.717, 1.165) is 41.7 Å². The van der Waals surface area contributed by atoms with Crippen LogP contribution in [-0.2, 0) is 49.1 Å². The van der Waals surface area contributed by atoms with Crippen molar-refractivity contribution in [2.45, 2.75) is 26.5 Å². The van der Waals surface area contributed by atoms with Crippen LogP contribution in [-0.4, -0.2) is 86.2 Å². The fraction of sp³-hybridized carbons (Fsp3) is 0.0455. The summed E-state index contributed by atoms with van der Waals surface area (Å²) in [5.41, 5.74) is -1.05. The van der Waals surface area contributed by atoms with Gasteiger partial charge in [0.1, 0.15) is 44.2 Å². The van der Waals surface area contributed by atoms with Crippen molar-refractivity contribution in [1.82, 2.24) is 14.4 Å². The molecule has 0 saturated carbocycles. The molecule has 0 aliphatic carbocycles. The lowest BCUT2D eigenvalue weighted by Crippen LogP contribution is -2.12. The number of imidazole rings is 1. The lowest BCUT2D eigenvalue weighted by atomic mass is 10.1. The van der Waals surface area contributed by atoms with Gasteiger partial charge in [0.15, 0.2) is 17.1 Å². The molecule has 0 unspecified atom stereocenters.